The van der Waals surface area contributed by atoms with Gasteiger partial charge in [-0.2, -0.15) is 4.31 Å². The van der Waals surface area contributed by atoms with E-state index in [1.165, 1.54) is 20.2 Å². The predicted molar refractivity (Wildman–Crippen MR) is 101 cm³/mol. The highest BCUT2D eigenvalue weighted by Crippen LogP contribution is 2.26. The Morgan fingerprint density at radius 2 is 1.88 bits per heavy atom. The number of amides is 1. The number of sulfonamides is 1. The number of carbonyl (C=O) groups excluding carboxylic acids is 1. The molecule has 25 heavy (non-hydrogen) atoms. The predicted octanol–water partition coefficient (Wildman–Crippen LogP) is 2.70. The van der Waals surface area contributed by atoms with Crippen molar-refractivity contribution in [2.75, 3.05) is 26.0 Å². The molecule has 0 unspecified atom stereocenters. The number of anilines is 1. The number of hydrogen-bond donors (Lipinski definition) is 1. The summed E-state index contributed by atoms with van der Waals surface area (Å²) in [6.07, 6.45) is 0. The normalized spacial score (nSPS) is 11.4. The van der Waals surface area contributed by atoms with Gasteiger partial charge in [-0.1, -0.05) is 0 Å². The van der Waals surface area contributed by atoms with Gasteiger partial charge in [-0.05, 0) is 65.1 Å². The Morgan fingerprint density at radius 3 is 2.48 bits per heavy atom. The third kappa shape index (κ3) is 4.89. The lowest BCUT2D eigenvalue weighted by molar-refractivity contribution is -0.116. The van der Waals surface area contributed by atoms with Crippen LogP contribution in [0.2, 0.25) is 0 Å². The van der Waals surface area contributed by atoms with Crippen LogP contribution in [0.3, 0.4) is 0 Å². The molecular weight excluding hydrogens is 462 g/mol. The number of likely N-dealkylation sites (N-methyl/N-ethyl adjacent to an activating group) is 1. The smallest absolute Gasteiger partial charge is 0.247 e. The fourth-order valence-corrected chi connectivity index (χ4v) is 3.69. The van der Waals surface area contributed by atoms with Gasteiger partial charge >= 0.3 is 0 Å². The van der Waals surface area contributed by atoms with E-state index in [0.29, 0.717) is 5.69 Å². The van der Waals surface area contributed by atoms with Crippen LogP contribution in [0.5, 0.6) is 5.75 Å². The number of ether oxygens (including phenoxy) is 1. The topological polar surface area (TPSA) is 75.7 Å². The second kappa shape index (κ2) is 8.11. The average molecular weight is 478 g/mol. The zero-order valence-corrected chi connectivity index (χ0v) is 16.5. The maximum Gasteiger partial charge on any atom is 0.247 e. The molecule has 2 aromatic carbocycles. The van der Waals surface area contributed by atoms with E-state index in [1.54, 1.807) is 12.1 Å². The zero-order chi connectivity index (χ0) is 18.6. The van der Waals surface area contributed by atoms with Crippen LogP contribution in [-0.4, -0.2) is 39.3 Å². The van der Waals surface area contributed by atoms with E-state index < -0.39 is 28.3 Å². The number of nitrogens with zero attached hydrogens (tertiary/aromatic N) is 1. The number of nitrogens with one attached hydrogen (secondary N) is 1. The average Bonchev–Trinajstić information content (AvgIpc) is 2.56. The Hall–Kier alpha value is -1.72. The van der Waals surface area contributed by atoms with Gasteiger partial charge in [0.15, 0.2) is 0 Å². The first-order valence-corrected chi connectivity index (χ1v) is 9.61. The van der Waals surface area contributed by atoms with Crippen molar-refractivity contribution in [2.24, 2.45) is 0 Å². The van der Waals surface area contributed by atoms with Crippen LogP contribution < -0.4 is 10.1 Å². The monoisotopic (exact) mass is 478 g/mol. The molecule has 6 nitrogen and oxygen atoms in total. The van der Waals surface area contributed by atoms with Crippen molar-refractivity contribution in [1.29, 1.82) is 0 Å². The van der Waals surface area contributed by atoms with Crippen molar-refractivity contribution in [3.63, 3.8) is 0 Å². The first kappa shape index (κ1) is 19.6. The minimum atomic E-state index is -4.09. The largest absolute Gasteiger partial charge is 0.495 e. The van der Waals surface area contributed by atoms with Crippen molar-refractivity contribution in [3.8, 4) is 5.75 Å². The Balaban J connectivity index is 2.16. The van der Waals surface area contributed by atoms with Gasteiger partial charge in [0.1, 0.15) is 16.5 Å². The SMILES string of the molecule is COc1ccc(F)cc1S(=O)(=O)N(C)CC(=O)Nc1ccc(I)cc1. The summed E-state index contributed by atoms with van der Waals surface area (Å²) in [6.45, 7) is -0.423. The van der Waals surface area contributed by atoms with E-state index >= 15 is 0 Å². The van der Waals surface area contributed by atoms with Crippen molar-refractivity contribution in [1.82, 2.24) is 4.31 Å². The summed E-state index contributed by atoms with van der Waals surface area (Å²) in [5, 5.41) is 2.61. The number of halogens is 2. The van der Waals surface area contributed by atoms with Crippen LogP contribution in [0.4, 0.5) is 10.1 Å². The molecule has 0 fully saturated rings. The lowest BCUT2D eigenvalue weighted by atomic mass is 10.3. The third-order valence-corrected chi connectivity index (χ3v) is 5.85. The second-order valence-corrected chi connectivity index (χ2v) is 8.37. The molecule has 2 aromatic rings. The highest BCUT2D eigenvalue weighted by molar-refractivity contribution is 14.1. The third-order valence-electron chi connectivity index (χ3n) is 3.31. The van der Waals surface area contributed by atoms with Gasteiger partial charge in [-0.25, -0.2) is 12.8 Å². The van der Waals surface area contributed by atoms with E-state index in [0.717, 1.165) is 20.0 Å². The second-order valence-electron chi connectivity index (χ2n) is 5.11. The van der Waals surface area contributed by atoms with E-state index in [-0.39, 0.29) is 10.6 Å². The molecule has 1 amide bonds. The molecule has 0 spiro atoms. The summed E-state index contributed by atoms with van der Waals surface area (Å²) in [5.74, 6) is -1.22. The van der Waals surface area contributed by atoms with Gasteiger partial charge in [-0.3, -0.25) is 4.79 Å². The number of methoxy groups -OCH3 is 1. The molecule has 0 saturated carbocycles. The van der Waals surface area contributed by atoms with Crippen LogP contribution in [0.1, 0.15) is 0 Å². The first-order valence-electron chi connectivity index (χ1n) is 7.09. The summed E-state index contributed by atoms with van der Waals surface area (Å²) in [6, 6.07) is 10.2. The highest BCUT2D eigenvalue weighted by Gasteiger charge is 2.27. The lowest BCUT2D eigenvalue weighted by Crippen LogP contribution is -2.35. The zero-order valence-electron chi connectivity index (χ0n) is 13.5. The van der Waals surface area contributed by atoms with Gasteiger partial charge in [0.05, 0.1) is 13.7 Å². The van der Waals surface area contributed by atoms with E-state index in [1.807, 2.05) is 12.1 Å². The fraction of sp³-hybridized carbons (Fsp3) is 0.188. The Kier molecular flexibility index (Phi) is 6.36. The van der Waals surface area contributed by atoms with Crippen LogP contribution in [-0.2, 0) is 14.8 Å². The quantitative estimate of drug-likeness (QED) is 0.649. The molecule has 0 aliphatic heterocycles. The molecule has 0 atom stereocenters. The highest BCUT2D eigenvalue weighted by atomic mass is 127. The number of carbonyl (C=O) groups is 1. The van der Waals surface area contributed by atoms with Gasteiger partial charge in [0.25, 0.3) is 0 Å². The van der Waals surface area contributed by atoms with Crippen molar-refractivity contribution in [3.05, 3.63) is 51.9 Å². The molecule has 0 radical (unpaired) electrons. The van der Waals surface area contributed by atoms with Crippen LogP contribution in [0.25, 0.3) is 0 Å². The molecule has 0 aliphatic rings. The number of hydrogen-bond acceptors (Lipinski definition) is 4. The van der Waals surface area contributed by atoms with E-state index in [2.05, 4.69) is 27.9 Å². The molecule has 1 N–H and O–H groups in total. The van der Waals surface area contributed by atoms with Crippen LogP contribution >= 0.6 is 22.6 Å². The molecule has 0 aromatic heterocycles. The van der Waals surface area contributed by atoms with Gasteiger partial charge in [0, 0.05) is 16.3 Å². The number of rotatable bonds is 6. The molecule has 0 bridgehead atoms. The molecule has 0 aliphatic carbocycles. The summed E-state index contributed by atoms with van der Waals surface area (Å²) >= 11 is 2.13. The first-order chi connectivity index (χ1) is 11.7. The Bertz CT molecular complexity index is 872. The van der Waals surface area contributed by atoms with Crippen LogP contribution in [0, 0.1) is 9.39 Å². The van der Waals surface area contributed by atoms with Crippen LogP contribution in [0.15, 0.2) is 47.4 Å². The van der Waals surface area contributed by atoms with Crippen molar-refractivity contribution >= 4 is 44.2 Å². The fourth-order valence-electron chi connectivity index (χ4n) is 2.04. The molecular formula is C16H16FIN2O4S. The standard InChI is InChI=1S/C16H16FIN2O4S/c1-20(10-16(21)19-13-6-4-12(18)5-7-13)25(22,23)15-9-11(17)3-8-14(15)24-2/h3-9H,10H2,1-2H3,(H,19,21). The summed E-state index contributed by atoms with van der Waals surface area (Å²) < 4.78 is 45.5. The molecule has 2 rings (SSSR count). The summed E-state index contributed by atoms with van der Waals surface area (Å²) in [4.78, 5) is 11.7. The van der Waals surface area contributed by atoms with Crippen molar-refractivity contribution < 1.29 is 22.3 Å². The lowest BCUT2D eigenvalue weighted by Gasteiger charge is -2.18. The van der Waals surface area contributed by atoms with E-state index in [4.69, 9.17) is 4.74 Å². The summed E-state index contributed by atoms with van der Waals surface area (Å²) in [5.41, 5.74) is 0.555. The van der Waals surface area contributed by atoms with Gasteiger partial charge < -0.3 is 10.1 Å². The Labute approximate surface area is 159 Å². The van der Waals surface area contributed by atoms with Gasteiger partial charge in [0.2, 0.25) is 15.9 Å². The molecule has 0 heterocycles. The number of benzene rings is 2. The summed E-state index contributed by atoms with van der Waals surface area (Å²) in [7, 11) is -1.56. The van der Waals surface area contributed by atoms with E-state index in [9.17, 15) is 17.6 Å². The van der Waals surface area contributed by atoms with Crippen molar-refractivity contribution in [2.45, 2.75) is 4.90 Å². The minimum absolute atomic E-state index is 0.00583. The van der Waals surface area contributed by atoms with Gasteiger partial charge in [-0.15, -0.1) is 0 Å². The maximum atomic E-state index is 13.4. The molecule has 0 saturated heterocycles. The molecule has 134 valence electrons. The minimum Gasteiger partial charge on any atom is -0.495 e. The molecule has 9 heteroatoms. The Morgan fingerprint density at radius 1 is 1.24 bits per heavy atom. The maximum absolute atomic E-state index is 13.4.